The molecule has 18 heavy (non-hydrogen) atoms. The first-order valence-electron chi connectivity index (χ1n) is 5.50. The van der Waals surface area contributed by atoms with E-state index in [0.717, 1.165) is 0 Å². The summed E-state index contributed by atoms with van der Waals surface area (Å²) in [5.74, 6) is -0.221. The normalized spacial score (nSPS) is 10.6. The smallest absolute Gasteiger partial charge is 0.250 e. The highest BCUT2D eigenvalue weighted by Crippen LogP contribution is 2.16. The number of anilines is 1. The van der Waals surface area contributed by atoms with Crippen molar-refractivity contribution in [1.82, 2.24) is 0 Å². The van der Waals surface area contributed by atoms with Gasteiger partial charge >= 0.3 is 0 Å². The Morgan fingerprint density at radius 3 is 2.50 bits per heavy atom. The first kappa shape index (κ1) is 14.0. The molecule has 0 spiro atoms. The number of nitrogens with one attached hydrogen (secondary N) is 1. The maximum absolute atomic E-state index is 11.6. The maximum Gasteiger partial charge on any atom is 0.250 e. The van der Waals surface area contributed by atoms with E-state index in [4.69, 9.17) is 10.3 Å². The fraction of sp³-hybridized carbons (Fsp3) is 0.417. The van der Waals surface area contributed by atoms with Crippen molar-refractivity contribution in [1.29, 1.82) is 0 Å². The quantitative estimate of drug-likeness (QED) is 0.503. The highest BCUT2D eigenvalue weighted by molar-refractivity contribution is 5.91. The Morgan fingerprint density at radius 2 is 2.00 bits per heavy atom. The number of hydrogen-bond acceptors (Lipinski definition) is 3. The summed E-state index contributed by atoms with van der Waals surface area (Å²) in [6.45, 7) is 5.65. The molecule has 0 radical (unpaired) electrons. The molecule has 0 aliphatic heterocycles. The topological polar surface area (TPSA) is 87.1 Å². The number of ether oxygens (including phenoxy) is 1. The summed E-state index contributed by atoms with van der Waals surface area (Å²) >= 11 is 0. The minimum absolute atomic E-state index is 0.00159. The lowest BCUT2D eigenvalue weighted by molar-refractivity contribution is -0.125. The molecular formula is C12H16N4O2. The van der Waals surface area contributed by atoms with Gasteiger partial charge in [-0.3, -0.25) is 4.79 Å². The fourth-order valence-corrected chi connectivity index (χ4v) is 1.14. The molecule has 1 aromatic rings. The summed E-state index contributed by atoms with van der Waals surface area (Å²) in [4.78, 5) is 14.2. The van der Waals surface area contributed by atoms with Crippen LogP contribution in [-0.2, 0) is 9.53 Å². The molecule has 0 heterocycles. The number of carbonyl (C=O) groups is 1. The zero-order valence-corrected chi connectivity index (χ0v) is 10.7. The molecule has 1 aromatic carbocycles. The van der Waals surface area contributed by atoms with Crippen LogP contribution >= 0.6 is 0 Å². The molecule has 96 valence electrons. The lowest BCUT2D eigenvalue weighted by atomic mass is 10.2. The van der Waals surface area contributed by atoms with E-state index in [9.17, 15) is 4.79 Å². The van der Waals surface area contributed by atoms with Crippen molar-refractivity contribution >= 4 is 17.3 Å². The molecule has 1 N–H and O–H groups in total. The number of hydrogen-bond donors (Lipinski definition) is 1. The molecule has 0 aliphatic rings. The van der Waals surface area contributed by atoms with E-state index in [-0.39, 0.29) is 18.1 Å². The molecule has 0 fully saturated rings. The van der Waals surface area contributed by atoms with Gasteiger partial charge in [-0.15, -0.1) is 0 Å². The summed E-state index contributed by atoms with van der Waals surface area (Å²) in [6, 6.07) is 6.58. The summed E-state index contributed by atoms with van der Waals surface area (Å²) in [5, 5.41) is 6.12. The SMILES string of the molecule is CC(C)(C)OCC(=O)Nc1ccc(N=[N+]=[N-])cc1. The van der Waals surface area contributed by atoms with Crippen molar-refractivity contribution in [3.05, 3.63) is 34.7 Å². The molecule has 1 amide bonds. The zero-order valence-electron chi connectivity index (χ0n) is 10.7. The number of carbonyl (C=O) groups excluding carboxylic acids is 1. The van der Waals surface area contributed by atoms with Gasteiger partial charge in [-0.1, -0.05) is 17.2 Å². The van der Waals surface area contributed by atoms with E-state index < -0.39 is 0 Å². The van der Waals surface area contributed by atoms with Crippen LogP contribution in [0.1, 0.15) is 20.8 Å². The predicted octanol–water partition coefficient (Wildman–Crippen LogP) is 3.38. The van der Waals surface area contributed by atoms with E-state index in [1.165, 1.54) is 0 Å². The Labute approximate surface area is 106 Å². The maximum atomic E-state index is 11.6. The molecule has 0 bridgehead atoms. The Kier molecular flexibility index (Phi) is 4.71. The van der Waals surface area contributed by atoms with Crippen LogP contribution in [0.4, 0.5) is 11.4 Å². The van der Waals surface area contributed by atoms with E-state index >= 15 is 0 Å². The number of rotatable bonds is 4. The van der Waals surface area contributed by atoms with Gasteiger partial charge in [0.15, 0.2) is 0 Å². The highest BCUT2D eigenvalue weighted by atomic mass is 16.5. The third kappa shape index (κ3) is 5.34. The van der Waals surface area contributed by atoms with Gasteiger partial charge in [0.05, 0.1) is 5.60 Å². The molecule has 0 saturated heterocycles. The van der Waals surface area contributed by atoms with E-state index in [1.54, 1.807) is 24.3 Å². The van der Waals surface area contributed by atoms with Crippen LogP contribution in [0.2, 0.25) is 0 Å². The fourth-order valence-electron chi connectivity index (χ4n) is 1.14. The average molecular weight is 248 g/mol. The second-order valence-electron chi connectivity index (χ2n) is 4.69. The zero-order chi connectivity index (χ0) is 13.6. The average Bonchev–Trinajstić information content (AvgIpc) is 2.29. The van der Waals surface area contributed by atoms with Crippen LogP contribution < -0.4 is 5.32 Å². The molecule has 0 unspecified atom stereocenters. The van der Waals surface area contributed by atoms with Gasteiger partial charge < -0.3 is 10.1 Å². The molecule has 0 aliphatic carbocycles. The summed E-state index contributed by atoms with van der Waals surface area (Å²) in [5.41, 5.74) is 9.04. The Balaban J connectivity index is 2.52. The van der Waals surface area contributed by atoms with Gasteiger partial charge in [-0.25, -0.2) is 0 Å². The van der Waals surface area contributed by atoms with Crippen LogP contribution in [0.15, 0.2) is 29.4 Å². The van der Waals surface area contributed by atoms with Crippen molar-refractivity contribution < 1.29 is 9.53 Å². The molecule has 0 atom stereocenters. The van der Waals surface area contributed by atoms with Crippen LogP contribution in [0, 0.1) is 0 Å². The number of benzene rings is 1. The lowest BCUT2D eigenvalue weighted by Crippen LogP contribution is -2.27. The molecule has 0 saturated carbocycles. The van der Waals surface area contributed by atoms with Crippen molar-refractivity contribution in [3.63, 3.8) is 0 Å². The lowest BCUT2D eigenvalue weighted by Gasteiger charge is -2.18. The van der Waals surface area contributed by atoms with E-state index in [1.807, 2.05) is 20.8 Å². The molecule has 6 nitrogen and oxygen atoms in total. The van der Waals surface area contributed by atoms with Crippen molar-refractivity contribution in [2.75, 3.05) is 11.9 Å². The first-order chi connectivity index (χ1) is 8.40. The highest BCUT2D eigenvalue weighted by Gasteiger charge is 2.12. The minimum Gasteiger partial charge on any atom is -0.366 e. The van der Waals surface area contributed by atoms with Gasteiger partial charge in [-0.2, -0.15) is 0 Å². The van der Waals surface area contributed by atoms with E-state index in [0.29, 0.717) is 11.4 Å². The van der Waals surface area contributed by atoms with Crippen molar-refractivity contribution in [2.45, 2.75) is 26.4 Å². The van der Waals surface area contributed by atoms with Gasteiger partial charge in [0.2, 0.25) is 5.91 Å². The summed E-state index contributed by atoms with van der Waals surface area (Å²) in [6.07, 6.45) is 0. The van der Waals surface area contributed by atoms with Gasteiger partial charge in [0, 0.05) is 16.3 Å². The minimum atomic E-state index is -0.345. The monoisotopic (exact) mass is 248 g/mol. The standard InChI is InChI=1S/C12H16N4O2/c1-12(2,3)18-8-11(17)14-9-4-6-10(7-5-9)15-16-13/h4-7H,8H2,1-3H3,(H,14,17). The summed E-state index contributed by atoms with van der Waals surface area (Å²) in [7, 11) is 0. The Hall–Kier alpha value is -2.04. The molecule has 1 rings (SSSR count). The number of amides is 1. The van der Waals surface area contributed by atoms with Crippen LogP contribution in [0.25, 0.3) is 10.4 Å². The Bertz CT molecular complexity index is 456. The molecular weight excluding hydrogens is 232 g/mol. The van der Waals surface area contributed by atoms with Crippen LogP contribution in [-0.4, -0.2) is 18.1 Å². The number of azide groups is 1. The van der Waals surface area contributed by atoms with Gasteiger partial charge in [0.1, 0.15) is 6.61 Å². The largest absolute Gasteiger partial charge is 0.366 e. The predicted molar refractivity (Wildman–Crippen MR) is 69.6 cm³/mol. The third-order valence-electron chi connectivity index (χ3n) is 1.95. The first-order valence-corrected chi connectivity index (χ1v) is 5.50. The molecule has 0 aromatic heterocycles. The van der Waals surface area contributed by atoms with Crippen molar-refractivity contribution in [2.24, 2.45) is 5.11 Å². The van der Waals surface area contributed by atoms with Gasteiger partial charge in [0.25, 0.3) is 0 Å². The van der Waals surface area contributed by atoms with Crippen LogP contribution in [0.5, 0.6) is 0 Å². The second-order valence-corrected chi connectivity index (χ2v) is 4.69. The molecule has 6 heteroatoms. The third-order valence-corrected chi connectivity index (χ3v) is 1.95. The van der Waals surface area contributed by atoms with Gasteiger partial charge in [-0.05, 0) is 38.4 Å². The van der Waals surface area contributed by atoms with Crippen molar-refractivity contribution in [3.8, 4) is 0 Å². The van der Waals surface area contributed by atoms with E-state index in [2.05, 4.69) is 15.3 Å². The second kappa shape index (κ2) is 6.05. The van der Waals surface area contributed by atoms with Crippen LogP contribution in [0.3, 0.4) is 0 Å². The number of nitrogens with zero attached hydrogens (tertiary/aromatic N) is 3. The summed E-state index contributed by atoms with van der Waals surface area (Å²) < 4.78 is 5.35. The Morgan fingerprint density at radius 1 is 1.39 bits per heavy atom.